The molecular formula is C13H8Cl2N2O2. The second-order valence-corrected chi connectivity index (χ2v) is 4.57. The normalized spacial score (nSPS) is 11.9. The molecule has 0 bridgehead atoms. The van der Waals surface area contributed by atoms with Crippen molar-refractivity contribution in [2.45, 2.75) is 6.10 Å². The van der Waals surface area contributed by atoms with Gasteiger partial charge in [0.15, 0.2) is 0 Å². The van der Waals surface area contributed by atoms with Gasteiger partial charge in [0.2, 0.25) is 0 Å². The maximum atomic E-state index is 10.3. The molecule has 1 heterocycles. The number of aromatic hydroxyl groups is 1. The van der Waals surface area contributed by atoms with Gasteiger partial charge in [-0.1, -0.05) is 23.2 Å². The molecule has 96 valence electrons. The van der Waals surface area contributed by atoms with Crippen LogP contribution in [-0.2, 0) is 0 Å². The third-order valence-electron chi connectivity index (χ3n) is 2.60. The fraction of sp³-hybridized carbons (Fsp3) is 0.0769. The van der Waals surface area contributed by atoms with Crippen LogP contribution >= 0.6 is 23.2 Å². The average molecular weight is 295 g/mol. The molecule has 0 saturated heterocycles. The molecular weight excluding hydrogens is 287 g/mol. The van der Waals surface area contributed by atoms with E-state index in [2.05, 4.69) is 4.98 Å². The Hall–Kier alpha value is -1.80. The highest BCUT2D eigenvalue weighted by molar-refractivity contribution is 6.42. The molecule has 1 aromatic heterocycles. The minimum atomic E-state index is -1.19. The maximum Gasteiger partial charge on any atom is 0.140 e. The summed E-state index contributed by atoms with van der Waals surface area (Å²) >= 11 is 11.8. The van der Waals surface area contributed by atoms with Crippen LogP contribution in [0.3, 0.4) is 0 Å². The summed E-state index contributed by atoms with van der Waals surface area (Å²) in [6, 6.07) is 7.60. The number of pyridine rings is 1. The van der Waals surface area contributed by atoms with Crippen molar-refractivity contribution in [3.8, 4) is 11.8 Å². The first-order chi connectivity index (χ1) is 9.04. The van der Waals surface area contributed by atoms with Crippen molar-refractivity contribution in [2.24, 2.45) is 0 Å². The van der Waals surface area contributed by atoms with E-state index in [-0.39, 0.29) is 27.1 Å². The van der Waals surface area contributed by atoms with Crippen molar-refractivity contribution >= 4 is 23.2 Å². The lowest BCUT2D eigenvalue weighted by molar-refractivity contribution is 0.215. The summed E-state index contributed by atoms with van der Waals surface area (Å²) in [5.74, 6) is -0.169. The SMILES string of the molecule is N#Cc1cc(C(O)c2c(O)ccc(Cl)c2Cl)ccn1. The lowest BCUT2D eigenvalue weighted by Crippen LogP contribution is -2.02. The molecule has 0 aliphatic rings. The Morgan fingerprint density at radius 2 is 2.00 bits per heavy atom. The van der Waals surface area contributed by atoms with E-state index < -0.39 is 6.10 Å². The van der Waals surface area contributed by atoms with Gasteiger partial charge in [0.1, 0.15) is 23.6 Å². The third-order valence-corrected chi connectivity index (χ3v) is 3.42. The number of aromatic nitrogens is 1. The number of aliphatic hydroxyl groups is 1. The van der Waals surface area contributed by atoms with Gasteiger partial charge in [-0.05, 0) is 29.8 Å². The zero-order valence-corrected chi connectivity index (χ0v) is 11.0. The molecule has 0 fully saturated rings. The molecule has 0 saturated carbocycles. The Kier molecular flexibility index (Phi) is 3.91. The van der Waals surface area contributed by atoms with Crippen LogP contribution < -0.4 is 0 Å². The zero-order valence-electron chi connectivity index (χ0n) is 9.51. The zero-order chi connectivity index (χ0) is 14.0. The number of nitrogens with zero attached hydrogens (tertiary/aromatic N) is 2. The highest BCUT2D eigenvalue weighted by Gasteiger charge is 2.20. The van der Waals surface area contributed by atoms with Crippen molar-refractivity contribution in [1.82, 2.24) is 4.98 Å². The molecule has 0 aliphatic heterocycles. The number of phenolic OH excluding ortho intramolecular Hbond substituents is 1. The van der Waals surface area contributed by atoms with Crippen molar-refractivity contribution < 1.29 is 10.2 Å². The summed E-state index contributed by atoms with van der Waals surface area (Å²) in [4.78, 5) is 3.80. The predicted octanol–water partition coefficient (Wildman–Crippen LogP) is 3.05. The van der Waals surface area contributed by atoms with E-state index in [9.17, 15) is 10.2 Å². The minimum Gasteiger partial charge on any atom is -0.508 e. The summed E-state index contributed by atoms with van der Waals surface area (Å²) in [7, 11) is 0. The second kappa shape index (κ2) is 5.45. The third kappa shape index (κ3) is 2.64. The Morgan fingerprint density at radius 1 is 1.26 bits per heavy atom. The van der Waals surface area contributed by atoms with Gasteiger partial charge in [0.05, 0.1) is 10.0 Å². The highest BCUT2D eigenvalue weighted by Crippen LogP contribution is 2.39. The van der Waals surface area contributed by atoms with Gasteiger partial charge in [-0.25, -0.2) is 4.98 Å². The predicted molar refractivity (Wildman–Crippen MR) is 71.1 cm³/mol. The first-order valence-electron chi connectivity index (χ1n) is 5.25. The van der Waals surface area contributed by atoms with Gasteiger partial charge in [0, 0.05) is 11.8 Å². The summed E-state index contributed by atoms with van der Waals surface area (Å²) in [5, 5.41) is 29.1. The van der Waals surface area contributed by atoms with E-state index in [1.165, 1.54) is 30.5 Å². The smallest absolute Gasteiger partial charge is 0.140 e. The van der Waals surface area contributed by atoms with Crippen LogP contribution in [-0.4, -0.2) is 15.2 Å². The second-order valence-electron chi connectivity index (χ2n) is 3.78. The number of halogens is 2. The number of benzene rings is 1. The van der Waals surface area contributed by atoms with Crippen LogP contribution in [0.2, 0.25) is 10.0 Å². The number of nitriles is 1. The van der Waals surface area contributed by atoms with Crippen molar-refractivity contribution in [1.29, 1.82) is 5.26 Å². The van der Waals surface area contributed by atoms with E-state index >= 15 is 0 Å². The number of phenols is 1. The molecule has 1 unspecified atom stereocenters. The molecule has 19 heavy (non-hydrogen) atoms. The van der Waals surface area contributed by atoms with Crippen LogP contribution in [0.1, 0.15) is 22.9 Å². The molecule has 2 aromatic rings. The van der Waals surface area contributed by atoms with Gasteiger partial charge in [-0.3, -0.25) is 0 Å². The molecule has 1 aromatic carbocycles. The fourth-order valence-electron chi connectivity index (χ4n) is 1.66. The molecule has 4 nitrogen and oxygen atoms in total. The Balaban J connectivity index is 2.53. The number of hydrogen-bond acceptors (Lipinski definition) is 4. The lowest BCUT2D eigenvalue weighted by atomic mass is 10.0. The fourth-order valence-corrected chi connectivity index (χ4v) is 2.09. The van der Waals surface area contributed by atoms with Crippen LogP contribution in [0.15, 0.2) is 30.5 Å². The van der Waals surface area contributed by atoms with Crippen molar-refractivity contribution in [3.63, 3.8) is 0 Å². The van der Waals surface area contributed by atoms with E-state index in [0.29, 0.717) is 5.56 Å². The van der Waals surface area contributed by atoms with Crippen molar-refractivity contribution in [3.05, 3.63) is 57.3 Å². The summed E-state index contributed by atoms with van der Waals surface area (Å²) in [6.07, 6.45) is 0.202. The lowest BCUT2D eigenvalue weighted by Gasteiger charge is -2.15. The maximum absolute atomic E-state index is 10.3. The molecule has 2 N–H and O–H groups in total. The standard InChI is InChI=1S/C13H8Cl2N2O2/c14-9-1-2-10(18)11(12(9)15)13(19)7-3-4-17-8(5-7)6-16/h1-5,13,18-19H. The Labute approximate surface area is 119 Å². The van der Waals surface area contributed by atoms with Crippen LogP contribution in [0.5, 0.6) is 5.75 Å². The van der Waals surface area contributed by atoms with E-state index in [1.807, 2.05) is 6.07 Å². The van der Waals surface area contributed by atoms with Crippen LogP contribution in [0.25, 0.3) is 0 Å². The minimum absolute atomic E-state index is 0.0736. The van der Waals surface area contributed by atoms with E-state index in [4.69, 9.17) is 28.5 Å². The summed E-state index contributed by atoms with van der Waals surface area (Å²) in [5.41, 5.74) is 0.657. The van der Waals surface area contributed by atoms with Gasteiger partial charge in [-0.2, -0.15) is 5.26 Å². The molecule has 0 aliphatic carbocycles. The highest BCUT2D eigenvalue weighted by atomic mass is 35.5. The topological polar surface area (TPSA) is 77.1 Å². The number of hydrogen-bond donors (Lipinski definition) is 2. The van der Waals surface area contributed by atoms with Crippen molar-refractivity contribution in [2.75, 3.05) is 0 Å². The first kappa shape index (κ1) is 13.6. The first-order valence-corrected chi connectivity index (χ1v) is 6.01. The van der Waals surface area contributed by atoms with E-state index in [0.717, 1.165) is 0 Å². The van der Waals surface area contributed by atoms with Gasteiger partial charge in [-0.15, -0.1) is 0 Å². The summed E-state index contributed by atoms with van der Waals surface area (Å²) in [6.45, 7) is 0. The molecule has 1 atom stereocenters. The number of rotatable bonds is 2. The van der Waals surface area contributed by atoms with Crippen LogP contribution in [0.4, 0.5) is 0 Å². The van der Waals surface area contributed by atoms with Gasteiger partial charge in [0.25, 0.3) is 0 Å². The monoisotopic (exact) mass is 294 g/mol. The Bertz CT molecular complexity index is 668. The molecule has 6 heteroatoms. The molecule has 0 amide bonds. The average Bonchev–Trinajstić information content (AvgIpc) is 2.43. The number of aliphatic hydroxyl groups excluding tert-OH is 1. The molecule has 2 rings (SSSR count). The van der Waals surface area contributed by atoms with Gasteiger partial charge >= 0.3 is 0 Å². The molecule has 0 spiro atoms. The van der Waals surface area contributed by atoms with E-state index in [1.54, 1.807) is 0 Å². The Morgan fingerprint density at radius 3 is 2.68 bits per heavy atom. The van der Waals surface area contributed by atoms with Crippen LogP contribution in [0, 0.1) is 11.3 Å². The largest absolute Gasteiger partial charge is 0.508 e. The molecule has 0 radical (unpaired) electrons. The van der Waals surface area contributed by atoms with Gasteiger partial charge < -0.3 is 10.2 Å². The summed E-state index contributed by atoms with van der Waals surface area (Å²) < 4.78 is 0. The quantitative estimate of drug-likeness (QED) is 0.892.